The van der Waals surface area contributed by atoms with Crippen LogP contribution in [0.25, 0.3) is 0 Å². The number of hydrogen-bond acceptors (Lipinski definition) is 3. The molecule has 0 heterocycles. The first-order valence-corrected chi connectivity index (χ1v) is 7.19. The van der Waals surface area contributed by atoms with Gasteiger partial charge in [0.15, 0.2) is 0 Å². The van der Waals surface area contributed by atoms with E-state index in [0.29, 0.717) is 23.7 Å². The van der Waals surface area contributed by atoms with Crippen LogP contribution in [0.5, 0.6) is 5.75 Å². The molecule has 2 aromatic rings. The molecule has 0 aliphatic rings. The fourth-order valence-electron chi connectivity index (χ4n) is 1.83. The van der Waals surface area contributed by atoms with Crippen molar-refractivity contribution in [1.29, 1.82) is 0 Å². The summed E-state index contributed by atoms with van der Waals surface area (Å²) in [5.74, 6) is 0.148. The maximum absolute atomic E-state index is 12.8. The van der Waals surface area contributed by atoms with E-state index in [0.717, 1.165) is 5.57 Å². The molecule has 0 aliphatic carbocycles. The Morgan fingerprint density at radius 2 is 1.91 bits per heavy atom. The lowest BCUT2D eigenvalue weighted by molar-refractivity contribution is -0.114. The molecule has 120 valence electrons. The second-order valence-corrected chi connectivity index (χ2v) is 5.18. The number of benzene rings is 2. The summed E-state index contributed by atoms with van der Waals surface area (Å²) in [6.45, 7) is 6.17. The Bertz CT molecular complexity index is 684. The van der Waals surface area contributed by atoms with E-state index in [1.165, 1.54) is 12.1 Å². The summed E-state index contributed by atoms with van der Waals surface area (Å²) in [4.78, 5) is 11.9. The SMILES string of the molecule is C=C(C)COc1cccc(NC(=O)CNc2ccc(F)cc2)c1. The van der Waals surface area contributed by atoms with Crippen molar-refractivity contribution in [3.05, 3.63) is 66.5 Å². The number of carbonyl (C=O) groups is 1. The van der Waals surface area contributed by atoms with Gasteiger partial charge in [-0.2, -0.15) is 0 Å². The van der Waals surface area contributed by atoms with Crippen LogP contribution < -0.4 is 15.4 Å². The van der Waals surface area contributed by atoms with Crippen molar-refractivity contribution in [2.24, 2.45) is 0 Å². The van der Waals surface area contributed by atoms with Gasteiger partial charge in [0.2, 0.25) is 5.91 Å². The molecular formula is C18H19FN2O2. The molecule has 0 unspecified atom stereocenters. The van der Waals surface area contributed by atoms with Crippen molar-refractivity contribution < 1.29 is 13.9 Å². The Morgan fingerprint density at radius 1 is 1.17 bits per heavy atom. The van der Waals surface area contributed by atoms with Crippen LogP contribution >= 0.6 is 0 Å². The monoisotopic (exact) mass is 314 g/mol. The highest BCUT2D eigenvalue weighted by molar-refractivity contribution is 5.93. The number of carbonyl (C=O) groups excluding carboxylic acids is 1. The first kappa shape index (κ1) is 16.5. The molecule has 4 nitrogen and oxygen atoms in total. The van der Waals surface area contributed by atoms with Crippen molar-refractivity contribution >= 4 is 17.3 Å². The van der Waals surface area contributed by atoms with Gasteiger partial charge in [-0.15, -0.1) is 0 Å². The fraction of sp³-hybridized carbons (Fsp3) is 0.167. The summed E-state index contributed by atoms with van der Waals surface area (Å²) < 4.78 is 18.3. The van der Waals surface area contributed by atoms with E-state index in [4.69, 9.17) is 4.74 Å². The highest BCUT2D eigenvalue weighted by Gasteiger charge is 2.04. The van der Waals surface area contributed by atoms with Crippen molar-refractivity contribution in [2.75, 3.05) is 23.8 Å². The summed E-state index contributed by atoms with van der Waals surface area (Å²) >= 11 is 0. The minimum absolute atomic E-state index is 0.0858. The minimum atomic E-state index is -0.313. The molecule has 0 spiro atoms. The molecule has 0 atom stereocenters. The quantitative estimate of drug-likeness (QED) is 0.764. The van der Waals surface area contributed by atoms with E-state index >= 15 is 0 Å². The summed E-state index contributed by atoms with van der Waals surface area (Å²) in [7, 11) is 0. The molecule has 1 amide bonds. The Hall–Kier alpha value is -2.82. The highest BCUT2D eigenvalue weighted by Crippen LogP contribution is 2.18. The standard InChI is InChI=1S/C18H19FN2O2/c1-13(2)12-23-17-5-3-4-16(10-17)21-18(22)11-20-15-8-6-14(19)7-9-15/h3-10,20H,1,11-12H2,2H3,(H,21,22). The number of amides is 1. The molecule has 0 bridgehead atoms. The number of halogens is 1. The summed E-state index contributed by atoms with van der Waals surface area (Å²) in [6, 6.07) is 13.0. The second kappa shape index (κ2) is 7.98. The molecule has 0 aromatic heterocycles. The van der Waals surface area contributed by atoms with Crippen LogP contribution in [0, 0.1) is 5.82 Å². The van der Waals surface area contributed by atoms with Crippen LogP contribution in [0.15, 0.2) is 60.7 Å². The fourth-order valence-corrected chi connectivity index (χ4v) is 1.83. The summed E-state index contributed by atoms with van der Waals surface area (Å²) in [5, 5.41) is 5.70. The van der Waals surface area contributed by atoms with Gasteiger partial charge in [-0.1, -0.05) is 12.6 Å². The Labute approximate surface area is 135 Å². The molecular weight excluding hydrogens is 295 g/mol. The van der Waals surface area contributed by atoms with Gasteiger partial charge in [-0.3, -0.25) is 4.79 Å². The predicted molar refractivity (Wildman–Crippen MR) is 90.3 cm³/mol. The van der Waals surface area contributed by atoms with E-state index in [1.807, 2.05) is 13.0 Å². The topological polar surface area (TPSA) is 50.4 Å². The van der Waals surface area contributed by atoms with E-state index in [9.17, 15) is 9.18 Å². The van der Waals surface area contributed by atoms with Crippen molar-refractivity contribution in [3.63, 3.8) is 0 Å². The zero-order valence-electron chi connectivity index (χ0n) is 12.9. The van der Waals surface area contributed by atoms with Crippen molar-refractivity contribution in [2.45, 2.75) is 6.92 Å². The van der Waals surface area contributed by atoms with Gasteiger partial charge in [0, 0.05) is 17.4 Å². The van der Waals surface area contributed by atoms with Gasteiger partial charge in [-0.25, -0.2) is 4.39 Å². The lowest BCUT2D eigenvalue weighted by Crippen LogP contribution is -2.21. The van der Waals surface area contributed by atoms with E-state index in [1.54, 1.807) is 30.3 Å². The number of anilines is 2. The van der Waals surface area contributed by atoms with Gasteiger partial charge in [0.1, 0.15) is 18.2 Å². The lowest BCUT2D eigenvalue weighted by Gasteiger charge is -2.10. The largest absolute Gasteiger partial charge is 0.489 e. The molecule has 2 aromatic carbocycles. The van der Waals surface area contributed by atoms with E-state index in [-0.39, 0.29) is 18.3 Å². The number of ether oxygens (including phenoxy) is 1. The Balaban J connectivity index is 1.86. The zero-order valence-corrected chi connectivity index (χ0v) is 12.9. The second-order valence-electron chi connectivity index (χ2n) is 5.18. The lowest BCUT2D eigenvalue weighted by atomic mass is 10.3. The minimum Gasteiger partial charge on any atom is -0.489 e. The molecule has 2 rings (SSSR count). The Morgan fingerprint density at radius 3 is 2.61 bits per heavy atom. The van der Waals surface area contributed by atoms with Gasteiger partial charge in [-0.05, 0) is 48.9 Å². The molecule has 0 fully saturated rings. The molecule has 0 aliphatic heterocycles. The molecule has 0 saturated heterocycles. The summed E-state index contributed by atoms with van der Waals surface area (Å²) in [5.41, 5.74) is 2.25. The van der Waals surface area contributed by atoms with Gasteiger partial charge < -0.3 is 15.4 Å². The third kappa shape index (κ3) is 5.82. The van der Waals surface area contributed by atoms with Crippen LogP contribution in [-0.4, -0.2) is 19.1 Å². The van der Waals surface area contributed by atoms with Gasteiger partial charge in [0.05, 0.1) is 6.54 Å². The summed E-state index contributed by atoms with van der Waals surface area (Å²) in [6.07, 6.45) is 0. The maximum Gasteiger partial charge on any atom is 0.243 e. The molecule has 5 heteroatoms. The van der Waals surface area contributed by atoms with Gasteiger partial charge >= 0.3 is 0 Å². The zero-order chi connectivity index (χ0) is 16.7. The van der Waals surface area contributed by atoms with Crippen molar-refractivity contribution in [3.8, 4) is 5.75 Å². The van der Waals surface area contributed by atoms with E-state index in [2.05, 4.69) is 17.2 Å². The molecule has 0 radical (unpaired) electrons. The van der Waals surface area contributed by atoms with Crippen LogP contribution in [0.1, 0.15) is 6.92 Å². The molecule has 23 heavy (non-hydrogen) atoms. The van der Waals surface area contributed by atoms with Crippen LogP contribution in [-0.2, 0) is 4.79 Å². The molecule has 0 saturated carbocycles. The average molecular weight is 314 g/mol. The first-order valence-electron chi connectivity index (χ1n) is 7.19. The normalized spacial score (nSPS) is 10.0. The van der Waals surface area contributed by atoms with Gasteiger partial charge in [0.25, 0.3) is 0 Å². The smallest absolute Gasteiger partial charge is 0.243 e. The third-order valence-corrected chi connectivity index (χ3v) is 2.90. The van der Waals surface area contributed by atoms with Crippen LogP contribution in [0.2, 0.25) is 0 Å². The first-order chi connectivity index (χ1) is 11.0. The van der Waals surface area contributed by atoms with Crippen molar-refractivity contribution in [1.82, 2.24) is 0 Å². The average Bonchev–Trinajstić information content (AvgIpc) is 2.53. The highest BCUT2D eigenvalue weighted by atomic mass is 19.1. The van der Waals surface area contributed by atoms with Crippen LogP contribution in [0.4, 0.5) is 15.8 Å². The Kier molecular flexibility index (Phi) is 5.74. The number of nitrogens with one attached hydrogen (secondary N) is 2. The van der Waals surface area contributed by atoms with E-state index < -0.39 is 0 Å². The number of rotatable bonds is 7. The molecule has 2 N–H and O–H groups in total. The third-order valence-electron chi connectivity index (χ3n) is 2.90. The predicted octanol–water partition coefficient (Wildman–Crippen LogP) is 3.83. The number of hydrogen-bond donors (Lipinski definition) is 2. The maximum atomic E-state index is 12.8. The van der Waals surface area contributed by atoms with Crippen LogP contribution in [0.3, 0.4) is 0 Å².